The van der Waals surface area contributed by atoms with Gasteiger partial charge in [0.1, 0.15) is 6.04 Å². The molecule has 2 N–H and O–H groups in total. The summed E-state index contributed by atoms with van der Waals surface area (Å²) in [6.07, 6.45) is 0. The molecule has 1 atom stereocenters. The molecule has 0 amide bonds. The lowest BCUT2D eigenvalue weighted by atomic mass is 10.2. The monoisotopic (exact) mass is 349 g/mol. The van der Waals surface area contributed by atoms with Gasteiger partial charge in [-0.1, -0.05) is 23.7 Å². The van der Waals surface area contributed by atoms with Crippen molar-refractivity contribution in [2.24, 2.45) is 0 Å². The summed E-state index contributed by atoms with van der Waals surface area (Å²) in [4.78, 5) is 11.2. The maximum atomic E-state index is 12.1. The third-order valence-corrected chi connectivity index (χ3v) is 4.18. The highest BCUT2D eigenvalue weighted by Gasteiger charge is 2.26. The van der Waals surface area contributed by atoms with Gasteiger partial charge in [0.15, 0.2) is 0 Å². The third kappa shape index (κ3) is 7.22. The fraction of sp³-hybridized carbons (Fsp3) is 0.500. The molecule has 0 aliphatic heterocycles. The van der Waals surface area contributed by atoms with Crippen LogP contribution >= 0.6 is 11.6 Å². The predicted molar refractivity (Wildman–Crippen MR) is 84.3 cm³/mol. The highest BCUT2D eigenvalue weighted by atomic mass is 35.5. The number of sulfonamides is 1. The lowest BCUT2D eigenvalue weighted by Gasteiger charge is -2.23. The second-order valence-electron chi connectivity index (χ2n) is 5.82. The van der Waals surface area contributed by atoms with Crippen molar-refractivity contribution in [3.63, 3.8) is 0 Å². The van der Waals surface area contributed by atoms with Crippen LogP contribution in [0.15, 0.2) is 24.3 Å². The van der Waals surface area contributed by atoms with E-state index in [0.717, 1.165) is 0 Å². The minimum Gasteiger partial charge on any atom is -0.480 e. The molecule has 8 heteroatoms. The van der Waals surface area contributed by atoms with Crippen molar-refractivity contribution in [1.82, 2.24) is 4.72 Å². The molecule has 1 unspecified atom stereocenters. The van der Waals surface area contributed by atoms with E-state index in [4.69, 9.17) is 21.4 Å². The smallest absolute Gasteiger partial charge is 0.324 e. The first kappa shape index (κ1) is 18.9. The van der Waals surface area contributed by atoms with E-state index in [1.807, 2.05) is 0 Å². The van der Waals surface area contributed by atoms with Gasteiger partial charge in [-0.15, -0.1) is 0 Å². The maximum absolute atomic E-state index is 12.1. The molecule has 0 aliphatic rings. The molecule has 0 aromatic heterocycles. The van der Waals surface area contributed by atoms with Crippen LogP contribution in [-0.4, -0.2) is 37.7 Å². The fourth-order valence-corrected chi connectivity index (χ4v) is 2.99. The van der Waals surface area contributed by atoms with Crippen LogP contribution in [0.3, 0.4) is 0 Å². The zero-order valence-corrected chi connectivity index (χ0v) is 14.2. The Morgan fingerprint density at radius 2 is 1.86 bits per heavy atom. The van der Waals surface area contributed by atoms with Crippen molar-refractivity contribution in [3.8, 4) is 0 Å². The lowest BCUT2D eigenvalue weighted by Crippen LogP contribution is -2.45. The molecule has 22 heavy (non-hydrogen) atoms. The average molecular weight is 350 g/mol. The van der Waals surface area contributed by atoms with E-state index in [1.165, 1.54) is 0 Å². The van der Waals surface area contributed by atoms with E-state index < -0.39 is 27.6 Å². The van der Waals surface area contributed by atoms with Gasteiger partial charge in [-0.3, -0.25) is 4.79 Å². The average Bonchev–Trinajstić information content (AvgIpc) is 2.35. The van der Waals surface area contributed by atoms with Gasteiger partial charge in [0.2, 0.25) is 10.0 Å². The number of aliphatic carboxylic acids is 1. The van der Waals surface area contributed by atoms with Crippen LogP contribution < -0.4 is 4.72 Å². The standard InChI is InChI=1S/C14H20ClNO5S/c1-14(2,3)21-8-12(13(17)18)16-22(19,20)9-10-4-6-11(15)7-5-10/h4-7,12,16H,8-9H2,1-3H3,(H,17,18). The van der Waals surface area contributed by atoms with Crippen LogP contribution in [0.5, 0.6) is 0 Å². The van der Waals surface area contributed by atoms with Gasteiger partial charge in [0.05, 0.1) is 18.0 Å². The number of benzene rings is 1. The van der Waals surface area contributed by atoms with Crippen LogP contribution in [0.2, 0.25) is 5.02 Å². The van der Waals surface area contributed by atoms with Crippen LogP contribution in [-0.2, 0) is 25.3 Å². The molecule has 0 radical (unpaired) electrons. The van der Waals surface area contributed by atoms with Crippen LogP contribution in [0.25, 0.3) is 0 Å². The fourth-order valence-electron chi connectivity index (χ4n) is 1.55. The van der Waals surface area contributed by atoms with E-state index in [1.54, 1.807) is 45.0 Å². The van der Waals surface area contributed by atoms with Crippen LogP contribution in [0.4, 0.5) is 0 Å². The lowest BCUT2D eigenvalue weighted by molar-refractivity contribution is -0.142. The second kappa shape index (κ2) is 7.41. The van der Waals surface area contributed by atoms with Gasteiger partial charge in [0.25, 0.3) is 0 Å². The molecule has 0 saturated heterocycles. The van der Waals surface area contributed by atoms with Gasteiger partial charge in [-0.2, -0.15) is 4.72 Å². The molecule has 0 spiro atoms. The van der Waals surface area contributed by atoms with Crippen molar-refractivity contribution >= 4 is 27.6 Å². The Kier molecular flexibility index (Phi) is 6.37. The zero-order valence-electron chi connectivity index (χ0n) is 12.7. The largest absolute Gasteiger partial charge is 0.480 e. The summed E-state index contributed by atoms with van der Waals surface area (Å²) in [6, 6.07) is 4.95. The van der Waals surface area contributed by atoms with Gasteiger partial charge >= 0.3 is 5.97 Å². The normalized spacial score (nSPS) is 13.8. The summed E-state index contributed by atoms with van der Waals surface area (Å²) in [7, 11) is -3.81. The molecular weight excluding hydrogens is 330 g/mol. The molecule has 0 heterocycles. The molecular formula is C14H20ClNO5S. The van der Waals surface area contributed by atoms with Gasteiger partial charge < -0.3 is 9.84 Å². The molecule has 6 nitrogen and oxygen atoms in total. The maximum Gasteiger partial charge on any atom is 0.324 e. The highest BCUT2D eigenvalue weighted by molar-refractivity contribution is 7.88. The van der Waals surface area contributed by atoms with Gasteiger partial charge in [-0.25, -0.2) is 8.42 Å². The molecule has 0 aliphatic carbocycles. The Balaban J connectivity index is 2.74. The number of carboxylic acid groups (broad SMARTS) is 1. The number of carboxylic acids is 1. The molecule has 0 saturated carbocycles. The topological polar surface area (TPSA) is 92.7 Å². The number of halogens is 1. The summed E-state index contributed by atoms with van der Waals surface area (Å²) in [6.45, 7) is 5.02. The molecule has 0 fully saturated rings. The van der Waals surface area contributed by atoms with E-state index >= 15 is 0 Å². The predicted octanol–water partition coefficient (Wildman–Crippen LogP) is 2.03. The first-order valence-corrected chi connectivity index (χ1v) is 8.63. The van der Waals surface area contributed by atoms with Crippen molar-refractivity contribution in [2.45, 2.75) is 38.2 Å². The van der Waals surface area contributed by atoms with Crippen LogP contribution in [0.1, 0.15) is 26.3 Å². The van der Waals surface area contributed by atoms with E-state index in [9.17, 15) is 13.2 Å². The summed E-state index contributed by atoms with van der Waals surface area (Å²) in [5.74, 6) is -1.62. The van der Waals surface area contributed by atoms with Crippen molar-refractivity contribution < 1.29 is 23.1 Å². The van der Waals surface area contributed by atoms with Crippen molar-refractivity contribution in [2.75, 3.05) is 6.61 Å². The molecule has 1 aromatic rings. The van der Waals surface area contributed by atoms with Gasteiger partial charge in [0, 0.05) is 5.02 Å². The van der Waals surface area contributed by atoms with E-state index in [0.29, 0.717) is 10.6 Å². The van der Waals surface area contributed by atoms with E-state index in [2.05, 4.69) is 4.72 Å². The first-order valence-electron chi connectivity index (χ1n) is 6.60. The first-order chi connectivity index (χ1) is 9.98. The minimum absolute atomic E-state index is 0.251. The summed E-state index contributed by atoms with van der Waals surface area (Å²) < 4.78 is 31.6. The summed E-state index contributed by atoms with van der Waals surface area (Å²) >= 11 is 5.73. The summed E-state index contributed by atoms with van der Waals surface area (Å²) in [5, 5.41) is 9.61. The summed E-state index contributed by atoms with van der Waals surface area (Å²) in [5.41, 5.74) is -0.0484. The Hall–Kier alpha value is -1.15. The van der Waals surface area contributed by atoms with Gasteiger partial charge in [-0.05, 0) is 38.5 Å². The highest BCUT2D eigenvalue weighted by Crippen LogP contribution is 2.12. The number of hydrogen-bond donors (Lipinski definition) is 2. The Morgan fingerprint density at radius 1 is 1.32 bits per heavy atom. The number of rotatable bonds is 7. The van der Waals surface area contributed by atoms with Crippen molar-refractivity contribution in [3.05, 3.63) is 34.9 Å². The number of hydrogen-bond acceptors (Lipinski definition) is 4. The molecule has 1 aromatic carbocycles. The second-order valence-corrected chi connectivity index (χ2v) is 8.01. The molecule has 1 rings (SSSR count). The number of ether oxygens (including phenoxy) is 1. The van der Waals surface area contributed by atoms with Crippen molar-refractivity contribution in [1.29, 1.82) is 0 Å². The van der Waals surface area contributed by atoms with E-state index in [-0.39, 0.29) is 12.4 Å². The SMILES string of the molecule is CC(C)(C)OCC(NS(=O)(=O)Cc1ccc(Cl)cc1)C(=O)O. The minimum atomic E-state index is -3.81. The number of carbonyl (C=O) groups is 1. The zero-order chi connectivity index (χ0) is 17.0. The van der Waals surface area contributed by atoms with Crippen LogP contribution in [0, 0.1) is 0 Å². The third-order valence-electron chi connectivity index (χ3n) is 2.57. The molecule has 124 valence electrons. The Morgan fingerprint density at radius 3 is 2.32 bits per heavy atom. The molecule has 0 bridgehead atoms. The Labute approximate surface area is 135 Å². The number of nitrogens with one attached hydrogen (secondary N) is 1. The Bertz CT molecular complexity index is 607. The quantitative estimate of drug-likeness (QED) is 0.785.